The quantitative estimate of drug-likeness (QED) is 0.713. The van der Waals surface area contributed by atoms with Gasteiger partial charge in [0.2, 0.25) is 5.91 Å². The largest absolute Gasteiger partial charge is 0.325 e. The fraction of sp³-hybridized carbons (Fsp3) is 0.438. The van der Waals surface area contributed by atoms with Gasteiger partial charge in [0.1, 0.15) is 5.54 Å². The Morgan fingerprint density at radius 2 is 1.96 bits per heavy atom. The first-order valence-corrected chi connectivity index (χ1v) is 7.70. The molecule has 0 atom stereocenters. The van der Waals surface area contributed by atoms with Crippen LogP contribution in [0, 0.1) is 6.92 Å². The number of para-hydroxylation sites is 1. The molecule has 2 saturated heterocycles. The van der Waals surface area contributed by atoms with E-state index in [1.807, 2.05) is 36.1 Å². The molecule has 2 fully saturated rings. The predicted octanol–water partition coefficient (Wildman–Crippen LogP) is 0.608. The fourth-order valence-corrected chi connectivity index (χ4v) is 3.08. The second-order valence-corrected chi connectivity index (χ2v) is 6.13. The molecule has 0 bridgehead atoms. The van der Waals surface area contributed by atoms with Gasteiger partial charge in [-0.2, -0.15) is 0 Å². The number of hydrogen-bond donors (Lipinski definition) is 3. The van der Waals surface area contributed by atoms with Crippen LogP contribution in [0.2, 0.25) is 0 Å². The molecule has 1 aromatic rings. The Bertz CT molecular complexity index is 650. The van der Waals surface area contributed by atoms with Gasteiger partial charge >= 0.3 is 6.03 Å². The number of aryl methyl sites for hydroxylation is 1. The molecular formula is C16H20N4O3. The van der Waals surface area contributed by atoms with E-state index in [9.17, 15) is 14.4 Å². The second kappa shape index (κ2) is 6.00. The maximum Gasteiger partial charge on any atom is 0.322 e. The second-order valence-electron chi connectivity index (χ2n) is 6.13. The highest BCUT2D eigenvalue weighted by Crippen LogP contribution is 2.25. The monoisotopic (exact) mass is 316 g/mol. The molecule has 0 aliphatic carbocycles. The predicted molar refractivity (Wildman–Crippen MR) is 84.9 cm³/mol. The van der Waals surface area contributed by atoms with Crippen LogP contribution in [0.3, 0.4) is 0 Å². The SMILES string of the molecule is Cc1ccccc1NC(=O)CN1CCC2(CC1)NC(=O)NC2=O. The Kier molecular flexibility index (Phi) is 4.04. The molecule has 23 heavy (non-hydrogen) atoms. The highest BCUT2D eigenvalue weighted by Gasteiger charge is 2.47. The minimum absolute atomic E-state index is 0.0739. The van der Waals surface area contributed by atoms with Gasteiger partial charge in [-0.15, -0.1) is 0 Å². The summed E-state index contributed by atoms with van der Waals surface area (Å²) in [5.74, 6) is -0.332. The number of piperidine rings is 1. The van der Waals surface area contributed by atoms with Crippen molar-refractivity contribution in [1.29, 1.82) is 0 Å². The number of carbonyl (C=O) groups is 3. The summed E-state index contributed by atoms with van der Waals surface area (Å²) in [7, 11) is 0. The van der Waals surface area contributed by atoms with Crippen molar-refractivity contribution in [3.63, 3.8) is 0 Å². The molecule has 7 heteroatoms. The summed E-state index contributed by atoms with van der Waals surface area (Å²) < 4.78 is 0. The van der Waals surface area contributed by atoms with Crippen LogP contribution in [0.4, 0.5) is 10.5 Å². The summed E-state index contributed by atoms with van der Waals surface area (Å²) in [6.07, 6.45) is 1.03. The van der Waals surface area contributed by atoms with Crippen molar-refractivity contribution in [2.24, 2.45) is 0 Å². The van der Waals surface area contributed by atoms with Gasteiger partial charge < -0.3 is 10.6 Å². The van der Waals surface area contributed by atoms with Crippen molar-refractivity contribution >= 4 is 23.5 Å². The molecule has 0 unspecified atom stereocenters. The number of benzene rings is 1. The molecule has 2 aliphatic heterocycles. The molecule has 0 saturated carbocycles. The Hall–Kier alpha value is -2.41. The van der Waals surface area contributed by atoms with Gasteiger partial charge in [0.15, 0.2) is 0 Å². The van der Waals surface area contributed by atoms with Gasteiger partial charge in [-0.1, -0.05) is 18.2 Å². The van der Waals surface area contributed by atoms with E-state index in [1.165, 1.54) is 0 Å². The summed E-state index contributed by atoms with van der Waals surface area (Å²) in [5.41, 5.74) is 1.04. The zero-order valence-corrected chi connectivity index (χ0v) is 13.0. The first-order chi connectivity index (χ1) is 11.0. The summed E-state index contributed by atoms with van der Waals surface area (Å²) in [6, 6.07) is 7.20. The molecule has 4 amide bonds. The number of hydrogen-bond acceptors (Lipinski definition) is 4. The number of rotatable bonds is 3. The molecule has 0 radical (unpaired) electrons. The van der Waals surface area contributed by atoms with E-state index in [2.05, 4.69) is 16.0 Å². The van der Waals surface area contributed by atoms with E-state index in [1.54, 1.807) is 0 Å². The average molecular weight is 316 g/mol. The summed E-state index contributed by atoms with van der Waals surface area (Å²) in [6.45, 7) is 3.41. The zero-order chi connectivity index (χ0) is 16.4. The van der Waals surface area contributed by atoms with E-state index in [0.717, 1.165) is 11.3 Å². The van der Waals surface area contributed by atoms with Gasteiger partial charge in [0, 0.05) is 18.8 Å². The number of likely N-dealkylation sites (tertiary alicyclic amines) is 1. The average Bonchev–Trinajstić information content (AvgIpc) is 2.78. The topological polar surface area (TPSA) is 90.5 Å². The minimum Gasteiger partial charge on any atom is -0.325 e. The van der Waals surface area contributed by atoms with Gasteiger partial charge in [0.05, 0.1) is 6.54 Å². The number of nitrogens with one attached hydrogen (secondary N) is 3. The molecule has 122 valence electrons. The van der Waals surface area contributed by atoms with Crippen LogP contribution in [0.25, 0.3) is 0 Å². The van der Waals surface area contributed by atoms with Crippen molar-refractivity contribution in [1.82, 2.24) is 15.5 Å². The molecule has 0 aromatic heterocycles. The number of nitrogens with zero attached hydrogens (tertiary/aromatic N) is 1. The van der Waals surface area contributed by atoms with Gasteiger partial charge in [-0.05, 0) is 31.4 Å². The number of anilines is 1. The maximum atomic E-state index is 12.2. The molecule has 1 aromatic carbocycles. The Morgan fingerprint density at radius 1 is 1.26 bits per heavy atom. The molecule has 3 N–H and O–H groups in total. The number of urea groups is 1. The summed E-state index contributed by atoms with van der Waals surface area (Å²) in [4.78, 5) is 37.3. The lowest BCUT2D eigenvalue weighted by atomic mass is 9.88. The molecular weight excluding hydrogens is 296 g/mol. The fourth-order valence-electron chi connectivity index (χ4n) is 3.08. The first kappa shape index (κ1) is 15.5. The standard InChI is InChI=1S/C16H20N4O3/c1-11-4-2-3-5-12(11)17-13(21)10-20-8-6-16(7-9-20)14(22)18-15(23)19-16/h2-5H,6-10H2,1H3,(H,17,21)(H2,18,19,22,23). The lowest BCUT2D eigenvalue weighted by Crippen LogP contribution is -2.55. The van der Waals surface area contributed by atoms with Crippen molar-refractivity contribution in [3.05, 3.63) is 29.8 Å². The summed E-state index contributed by atoms with van der Waals surface area (Å²) >= 11 is 0. The Morgan fingerprint density at radius 3 is 2.57 bits per heavy atom. The number of carbonyl (C=O) groups excluding carboxylic acids is 3. The number of imide groups is 1. The van der Waals surface area contributed by atoms with Crippen molar-refractivity contribution in [3.8, 4) is 0 Å². The van der Waals surface area contributed by atoms with E-state index >= 15 is 0 Å². The van der Waals surface area contributed by atoms with Crippen LogP contribution in [-0.2, 0) is 9.59 Å². The van der Waals surface area contributed by atoms with Crippen LogP contribution in [0.15, 0.2) is 24.3 Å². The highest BCUT2D eigenvalue weighted by molar-refractivity contribution is 6.07. The van der Waals surface area contributed by atoms with Crippen LogP contribution < -0.4 is 16.0 Å². The van der Waals surface area contributed by atoms with Crippen LogP contribution in [-0.4, -0.2) is 47.9 Å². The van der Waals surface area contributed by atoms with Crippen LogP contribution in [0.5, 0.6) is 0 Å². The van der Waals surface area contributed by atoms with E-state index < -0.39 is 11.6 Å². The molecule has 7 nitrogen and oxygen atoms in total. The smallest absolute Gasteiger partial charge is 0.322 e. The molecule has 1 spiro atoms. The third-order valence-electron chi connectivity index (χ3n) is 4.51. The summed E-state index contributed by atoms with van der Waals surface area (Å²) in [5, 5.41) is 7.90. The van der Waals surface area contributed by atoms with Crippen molar-refractivity contribution in [2.75, 3.05) is 25.0 Å². The van der Waals surface area contributed by atoms with Gasteiger partial charge in [0.25, 0.3) is 5.91 Å². The van der Waals surface area contributed by atoms with Crippen molar-refractivity contribution in [2.45, 2.75) is 25.3 Å². The number of amides is 4. The third-order valence-corrected chi connectivity index (χ3v) is 4.51. The maximum absolute atomic E-state index is 12.2. The molecule has 2 heterocycles. The van der Waals surface area contributed by atoms with Crippen LogP contribution in [0.1, 0.15) is 18.4 Å². The van der Waals surface area contributed by atoms with E-state index in [4.69, 9.17) is 0 Å². The molecule has 3 rings (SSSR count). The third kappa shape index (κ3) is 3.19. The van der Waals surface area contributed by atoms with Gasteiger partial charge in [-0.3, -0.25) is 19.8 Å². The Labute approximate surface area is 134 Å². The van der Waals surface area contributed by atoms with Crippen molar-refractivity contribution < 1.29 is 14.4 Å². The highest BCUT2D eigenvalue weighted by atomic mass is 16.2. The van der Waals surface area contributed by atoms with E-state index in [-0.39, 0.29) is 18.4 Å². The lowest BCUT2D eigenvalue weighted by molar-refractivity contribution is -0.125. The zero-order valence-electron chi connectivity index (χ0n) is 13.0. The van der Waals surface area contributed by atoms with Crippen LogP contribution >= 0.6 is 0 Å². The Balaban J connectivity index is 1.53. The normalized spacial score (nSPS) is 20.2. The minimum atomic E-state index is -0.792. The first-order valence-electron chi connectivity index (χ1n) is 7.70. The van der Waals surface area contributed by atoms with E-state index in [0.29, 0.717) is 25.9 Å². The lowest BCUT2D eigenvalue weighted by Gasteiger charge is -2.36. The molecule has 2 aliphatic rings. The van der Waals surface area contributed by atoms with Gasteiger partial charge in [-0.25, -0.2) is 4.79 Å².